The molecule has 1 aromatic heterocycles. The second-order valence-electron chi connectivity index (χ2n) is 7.22. The Hall–Kier alpha value is -3.93. The highest BCUT2D eigenvalue weighted by Gasteiger charge is 2.25. The summed E-state index contributed by atoms with van der Waals surface area (Å²) < 4.78 is 5.97. The molecular weight excluding hydrogens is 376 g/mol. The molecule has 1 aliphatic heterocycles. The molecule has 30 heavy (non-hydrogen) atoms. The Bertz CT molecular complexity index is 1240. The first-order valence-electron chi connectivity index (χ1n) is 9.83. The summed E-state index contributed by atoms with van der Waals surface area (Å²) in [4.78, 5) is 22.7. The van der Waals surface area contributed by atoms with Crippen molar-refractivity contribution in [2.45, 2.75) is 13.0 Å². The average molecular weight is 396 g/mol. The second-order valence-corrected chi connectivity index (χ2v) is 7.22. The van der Waals surface area contributed by atoms with Gasteiger partial charge >= 0.3 is 0 Å². The van der Waals surface area contributed by atoms with Gasteiger partial charge in [0.15, 0.2) is 0 Å². The van der Waals surface area contributed by atoms with Crippen LogP contribution in [0.2, 0.25) is 0 Å². The van der Waals surface area contributed by atoms with E-state index in [2.05, 4.69) is 20.9 Å². The molecule has 6 nitrogen and oxygen atoms in total. The van der Waals surface area contributed by atoms with Crippen LogP contribution in [0.25, 0.3) is 10.9 Å². The number of para-hydroxylation sites is 1. The lowest BCUT2D eigenvalue weighted by Gasteiger charge is -2.20. The Morgan fingerprint density at radius 2 is 1.80 bits per heavy atom. The fourth-order valence-electron chi connectivity index (χ4n) is 3.80. The second kappa shape index (κ2) is 7.48. The molecule has 5 rings (SSSR count). The maximum absolute atomic E-state index is 11.8. The van der Waals surface area contributed by atoms with Crippen LogP contribution in [0, 0.1) is 0 Å². The number of nitrogens with two attached hydrogens (primary N) is 1. The summed E-state index contributed by atoms with van der Waals surface area (Å²) in [6, 6.07) is 23.9. The number of carbonyl (C=O) groups excluding carboxylic acids is 1. The third kappa shape index (κ3) is 3.33. The van der Waals surface area contributed by atoms with Crippen molar-refractivity contribution in [1.82, 2.24) is 9.97 Å². The van der Waals surface area contributed by atoms with E-state index >= 15 is 0 Å². The van der Waals surface area contributed by atoms with Gasteiger partial charge in [-0.05, 0) is 47.9 Å². The first-order chi connectivity index (χ1) is 14.7. The van der Waals surface area contributed by atoms with Gasteiger partial charge in [-0.1, -0.05) is 42.5 Å². The van der Waals surface area contributed by atoms with Crippen LogP contribution >= 0.6 is 0 Å². The summed E-state index contributed by atoms with van der Waals surface area (Å²) in [5.74, 6) is 0.932. The molecule has 0 unspecified atom stereocenters. The van der Waals surface area contributed by atoms with Crippen molar-refractivity contribution in [3.8, 4) is 5.75 Å². The molecule has 0 bridgehead atoms. The highest BCUT2D eigenvalue weighted by atomic mass is 16.5. The van der Waals surface area contributed by atoms with Gasteiger partial charge in [0, 0.05) is 17.6 Å². The number of carbonyl (C=O) groups is 1. The van der Waals surface area contributed by atoms with E-state index in [1.807, 2.05) is 66.7 Å². The minimum Gasteiger partial charge on any atom is -0.489 e. The highest BCUT2D eigenvalue weighted by Crippen LogP contribution is 2.38. The van der Waals surface area contributed by atoms with Crippen molar-refractivity contribution in [3.63, 3.8) is 0 Å². The molecule has 0 saturated carbocycles. The number of aromatic nitrogens is 2. The van der Waals surface area contributed by atoms with E-state index in [9.17, 15) is 4.79 Å². The number of nitrogens with zero attached hydrogens (tertiary/aromatic N) is 3. The Labute approximate surface area is 173 Å². The number of hydrogen-bond donors (Lipinski definition) is 1. The van der Waals surface area contributed by atoms with E-state index in [1.54, 1.807) is 0 Å². The van der Waals surface area contributed by atoms with Crippen LogP contribution in [0.5, 0.6) is 5.75 Å². The SMILES string of the molecule is NC(=O)c1nc(N2CCc3cc(OCc4ccccc4)ccc32)c2ccccc2n1. The number of benzene rings is 3. The summed E-state index contributed by atoms with van der Waals surface area (Å²) >= 11 is 0. The van der Waals surface area contributed by atoms with Gasteiger partial charge < -0.3 is 15.4 Å². The van der Waals surface area contributed by atoms with Gasteiger partial charge in [-0.15, -0.1) is 0 Å². The molecule has 4 aromatic rings. The summed E-state index contributed by atoms with van der Waals surface area (Å²) in [5.41, 5.74) is 9.54. The van der Waals surface area contributed by atoms with E-state index in [-0.39, 0.29) is 5.82 Å². The molecule has 1 amide bonds. The normalized spacial score (nSPS) is 12.7. The molecule has 2 heterocycles. The van der Waals surface area contributed by atoms with Gasteiger partial charge in [0.25, 0.3) is 5.91 Å². The molecule has 148 valence electrons. The first kappa shape index (κ1) is 18.1. The first-order valence-corrected chi connectivity index (χ1v) is 9.83. The standard InChI is InChI=1S/C24H20N4O2/c25-22(29)23-26-20-9-5-4-8-19(20)24(27-23)28-13-12-17-14-18(10-11-21(17)28)30-15-16-6-2-1-3-7-16/h1-11,14H,12-13,15H2,(H2,25,29). The summed E-state index contributed by atoms with van der Waals surface area (Å²) in [6.45, 7) is 1.29. The Balaban J connectivity index is 1.47. The quantitative estimate of drug-likeness (QED) is 0.551. The minimum absolute atomic E-state index is 0.0277. The Kier molecular flexibility index (Phi) is 4.52. The Morgan fingerprint density at radius 1 is 1.00 bits per heavy atom. The third-order valence-corrected chi connectivity index (χ3v) is 5.25. The van der Waals surface area contributed by atoms with Gasteiger partial charge in [-0.25, -0.2) is 9.97 Å². The predicted molar refractivity (Wildman–Crippen MR) is 116 cm³/mol. The molecule has 0 spiro atoms. The monoisotopic (exact) mass is 396 g/mol. The van der Waals surface area contributed by atoms with Gasteiger partial charge in [-0.3, -0.25) is 4.79 Å². The third-order valence-electron chi connectivity index (χ3n) is 5.25. The van der Waals surface area contributed by atoms with Gasteiger partial charge in [0.2, 0.25) is 5.82 Å². The molecule has 0 radical (unpaired) electrons. The van der Waals surface area contributed by atoms with Crippen LogP contribution in [0.4, 0.5) is 11.5 Å². The van der Waals surface area contributed by atoms with Crippen molar-refractivity contribution in [2.75, 3.05) is 11.4 Å². The molecule has 6 heteroatoms. The smallest absolute Gasteiger partial charge is 0.286 e. The molecule has 0 aliphatic carbocycles. The molecule has 1 aliphatic rings. The molecule has 0 saturated heterocycles. The average Bonchev–Trinajstić information content (AvgIpc) is 3.20. The summed E-state index contributed by atoms with van der Waals surface area (Å²) in [5, 5.41) is 0.889. The number of fused-ring (bicyclic) bond motifs is 2. The fraction of sp³-hybridized carbons (Fsp3) is 0.125. The molecule has 0 fully saturated rings. The number of primary amides is 1. The lowest BCUT2D eigenvalue weighted by Crippen LogP contribution is -2.20. The summed E-state index contributed by atoms with van der Waals surface area (Å²) in [6.07, 6.45) is 0.863. The van der Waals surface area contributed by atoms with Crippen molar-refractivity contribution in [2.24, 2.45) is 5.73 Å². The van der Waals surface area contributed by atoms with E-state index in [0.29, 0.717) is 17.9 Å². The minimum atomic E-state index is -0.633. The van der Waals surface area contributed by atoms with Crippen molar-refractivity contribution in [1.29, 1.82) is 0 Å². The maximum atomic E-state index is 11.8. The number of rotatable bonds is 5. The van der Waals surface area contributed by atoms with E-state index in [0.717, 1.165) is 35.4 Å². The van der Waals surface area contributed by atoms with Gasteiger partial charge in [0.05, 0.1) is 5.52 Å². The van der Waals surface area contributed by atoms with Crippen molar-refractivity contribution >= 4 is 28.3 Å². The zero-order valence-corrected chi connectivity index (χ0v) is 16.3. The van der Waals surface area contributed by atoms with Crippen LogP contribution in [0.1, 0.15) is 21.7 Å². The zero-order valence-electron chi connectivity index (χ0n) is 16.3. The van der Waals surface area contributed by atoms with Crippen LogP contribution in [-0.2, 0) is 13.0 Å². The van der Waals surface area contributed by atoms with Crippen LogP contribution < -0.4 is 15.4 Å². The molecule has 2 N–H and O–H groups in total. The zero-order chi connectivity index (χ0) is 20.5. The van der Waals surface area contributed by atoms with Crippen molar-refractivity contribution in [3.05, 3.63) is 89.7 Å². The maximum Gasteiger partial charge on any atom is 0.286 e. The van der Waals surface area contributed by atoms with Crippen LogP contribution in [0.15, 0.2) is 72.8 Å². The number of hydrogen-bond acceptors (Lipinski definition) is 5. The molecular formula is C24H20N4O2. The van der Waals surface area contributed by atoms with Crippen LogP contribution in [0.3, 0.4) is 0 Å². The topological polar surface area (TPSA) is 81.3 Å². The molecule has 0 atom stereocenters. The van der Waals surface area contributed by atoms with E-state index in [1.165, 1.54) is 5.56 Å². The fourth-order valence-corrected chi connectivity index (χ4v) is 3.80. The largest absolute Gasteiger partial charge is 0.489 e. The number of anilines is 2. The van der Waals surface area contributed by atoms with Gasteiger partial charge in [0.1, 0.15) is 18.2 Å². The van der Waals surface area contributed by atoms with Gasteiger partial charge in [-0.2, -0.15) is 0 Å². The summed E-state index contributed by atoms with van der Waals surface area (Å²) in [7, 11) is 0. The number of amides is 1. The highest BCUT2D eigenvalue weighted by molar-refractivity contribution is 5.97. The number of ether oxygens (including phenoxy) is 1. The van der Waals surface area contributed by atoms with E-state index in [4.69, 9.17) is 10.5 Å². The lowest BCUT2D eigenvalue weighted by molar-refractivity contribution is 0.0991. The predicted octanol–water partition coefficient (Wildman–Crippen LogP) is 4.00. The van der Waals surface area contributed by atoms with Crippen molar-refractivity contribution < 1.29 is 9.53 Å². The Morgan fingerprint density at radius 3 is 2.63 bits per heavy atom. The van der Waals surface area contributed by atoms with Crippen LogP contribution in [-0.4, -0.2) is 22.4 Å². The lowest BCUT2D eigenvalue weighted by atomic mass is 10.1. The molecule has 3 aromatic carbocycles. The van der Waals surface area contributed by atoms with E-state index < -0.39 is 5.91 Å².